The number of rotatable bonds is 5. The standard InChI is InChI=1S/C11H21NO4S/c1-2-10-6-4-3-5-8-12(10)17(15,16)9-7-11(13)14/h10H,2-9H2,1H3,(H,13,14). The number of hydrogen-bond donors (Lipinski definition) is 1. The summed E-state index contributed by atoms with van der Waals surface area (Å²) < 4.78 is 25.7. The van der Waals surface area contributed by atoms with Crippen LogP contribution >= 0.6 is 0 Å². The third kappa shape index (κ3) is 4.27. The molecule has 0 radical (unpaired) electrons. The van der Waals surface area contributed by atoms with Crippen molar-refractivity contribution in [3.63, 3.8) is 0 Å². The SMILES string of the molecule is CCC1CCCCCN1S(=O)(=O)CCC(=O)O. The van der Waals surface area contributed by atoms with Crippen molar-refractivity contribution >= 4 is 16.0 Å². The van der Waals surface area contributed by atoms with Crippen LogP contribution in [0.3, 0.4) is 0 Å². The van der Waals surface area contributed by atoms with Crippen molar-refractivity contribution in [2.75, 3.05) is 12.3 Å². The molecule has 1 heterocycles. The molecule has 0 saturated carbocycles. The van der Waals surface area contributed by atoms with E-state index < -0.39 is 16.0 Å². The molecule has 0 aliphatic carbocycles. The average molecular weight is 263 g/mol. The highest BCUT2D eigenvalue weighted by Gasteiger charge is 2.30. The van der Waals surface area contributed by atoms with Crippen LogP contribution in [0.25, 0.3) is 0 Å². The molecule has 0 aromatic carbocycles. The Morgan fingerprint density at radius 3 is 2.65 bits per heavy atom. The second-order valence-corrected chi connectivity index (χ2v) is 6.52. The molecule has 5 nitrogen and oxygen atoms in total. The smallest absolute Gasteiger partial charge is 0.304 e. The number of aliphatic carboxylic acids is 1. The zero-order valence-electron chi connectivity index (χ0n) is 10.3. The van der Waals surface area contributed by atoms with Gasteiger partial charge >= 0.3 is 5.97 Å². The molecule has 0 aromatic rings. The summed E-state index contributed by atoms with van der Waals surface area (Å²) in [6.45, 7) is 2.52. The van der Waals surface area contributed by atoms with Crippen molar-refractivity contribution in [1.82, 2.24) is 4.31 Å². The second kappa shape index (κ2) is 6.35. The Hall–Kier alpha value is -0.620. The van der Waals surface area contributed by atoms with E-state index in [1.807, 2.05) is 6.92 Å². The number of sulfonamides is 1. The van der Waals surface area contributed by atoms with E-state index in [1.165, 1.54) is 4.31 Å². The first-order chi connectivity index (χ1) is 7.97. The lowest BCUT2D eigenvalue weighted by Gasteiger charge is -2.28. The summed E-state index contributed by atoms with van der Waals surface area (Å²) in [5.41, 5.74) is 0. The summed E-state index contributed by atoms with van der Waals surface area (Å²) in [6.07, 6.45) is 4.37. The Morgan fingerprint density at radius 1 is 1.35 bits per heavy atom. The molecule has 1 aliphatic heterocycles. The Balaban J connectivity index is 2.74. The van der Waals surface area contributed by atoms with Crippen LogP contribution in [-0.2, 0) is 14.8 Å². The fourth-order valence-electron chi connectivity index (χ4n) is 2.26. The van der Waals surface area contributed by atoms with Crippen molar-refractivity contribution in [2.45, 2.75) is 51.5 Å². The molecular weight excluding hydrogens is 242 g/mol. The van der Waals surface area contributed by atoms with Crippen LogP contribution in [0.5, 0.6) is 0 Å². The van der Waals surface area contributed by atoms with Crippen molar-refractivity contribution in [2.24, 2.45) is 0 Å². The Morgan fingerprint density at radius 2 is 2.06 bits per heavy atom. The maximum absolute atomic E-state index is 12.1. The molecule has 1 atom stereocenters. The molecule has 1 N–H and O–H groups in total. The van der Waals surface area contributed by atoms with Gasteiger partial charge in [-0.1, -0.05) is 19.8 Å². The minimum atomic E-state index is -3.41. The minimum absolute atomic E-state index is 0.0521. The summed E-state index contributed by atoms with van der Waals surface area (Å²) in [5.74, 6) is -1.34. The van der Waals surface area contributed by atoms with E-state index in [1.54, 1.807) is 0 Å². The second-order valence-electron chi connectivity index (χ2n) is 4.48. The molecule has 0 amide bonds. The fraction of sp³-hybridized carbons (Fsp3) is 0.909. The Bertz CT molecular complexity index is 352. The number of carbonyl (C=O) groups is 1. The van der Waals surface area contributed by atoms with E-state index in [2.05, 4.69) is 0 Å². The molecule has 1 unspecified atom stereocenters. The van der Waals surface area contributed by atoms with E-state index in [4.69, 9.17) is 5.11 Å². The fourth-order valence-corrected chi connectivity index (χ4v) is 4.04. The van der Waals surface area contributed by atoms with E-state index in [0.717, 1.165) is 32.1 Å². The van der Waals surface area contributed by atoms with E-state index in [-0.39, 0.29) is 18.2 Å². The van der Waals surface area contributed by atoms with Crippen LogP contribution in [0.1, 0.15) is 45.4 Å². The normalized spacial score (nSPS) is 23.2. The first-order valence-corrected chi connectivity index (χ1v) is 7.79. The Labute approximate surface area is 103 Å². The minimum Gasteiger partial charge on any atom is -0.481 e. The van der Waals surface area contributed by atoms with Crippen molar-refractivity contribution in [1.29, 1.82) is 0 Å². The van der Waals surface area contributed by atoms with E-state index in [0.29, 0.717) is 6.54 Å². The van der Waals surface area contributed by atoms with Gasteiger partial charge in [0.2, 0.25) is 10.0 Å². The average Bonchev–Trinajstić information content (AvgIpc) is 2.51. The van der Waals surface area contributed by atoms with Crippen LogP contribution in [0.15, 0.2) is 0 Å². The van der Waals surface area contributed by atoms with E-state index >= 15 is 0 Å². The lowest BCUT2D eigenvalue weighted by Crippen LogP contribution is -2.41. The lowest BCUT2D eigenvalue weighted by molar-refractivity contribution is -0.136. The molecule has 1 saturated heterocycles. The highest BCUT2D eigenvalue weighted by molar-refractivity contribution is 7.89. The van der Waals surface area contributed by atoms with Crippen LogP contribution in [-0.4, -0.2) is 42.1 Å². The van der Waals surface area contributed by atoms with Crippen molar-refractivity contribution in [3.05, 3.63) is 0 Å². The van der Waals surface area contributed by atoms with Gasteiger partial charge in [0.15, 0.2) is 0 Å². The molecule has 1 rings (SSSR count). The van der Waals surface area contributed by atoms with Gasteiger partial charge in [-0.15, -0.1) is 0 Å². The summed E-state index contributed by atoms with van der Waals surface area (Å²) in [6, 6.07) is 0.0521. The zero-order valence-corrected chi connectivity index (χ0v) is 11.1. The van der Waals surface area contributed by atoms with Gasteiger partial charge < -0.3 is 5.11 Å². The van der Waals surface area contributed by atoms with E-state index in [9.17, 15) is 13.2 Å². The van der Waals surface area contributed by atoms with Gasteiger partial charge in [-0.05, 0) is 19.3 Å². The Kier molecular flexibility index (Phi) is 5.39. The molecule has 1 aliphatic rings. The van der Waals surface area contributed by atoms with Crippen LogP contribution in [0.2, 0.25) is 0 Å². The van der Waals surface area contributed by atoms with Crippen molar-refractivity contribution in [3.8, 4) is 0 Å². The first kappa shape index (κ1) is 14.4. The number of nitrogens with zero attached hydrogens (tertiary/aromatic N) is 1. The van der Waals surface area contributed by atoms with Crippen LogP contribution in [0, 0.1) is 0 Å². The quantitative estimate of drug-likeness (QED) is 0.814. The molecule has 100 valence electrons. The summed E-state index contributed by atoms with van der Waals surface area (Å²) in [4.78, 5) is 10.5. The van der Waals surface area contributed by atoms with Gasteiger partial charge in [-0.25, -0.2) is 8.42 Å². The molecule has 0 bridgehead atoms. The summed E-state index contributed by atoms with van der Waals surface area (Å²) in [7, 11) is -3.41. The van der Waals surface area contributed by atoms with Crippen LogP contribution < -0.4 is 0 Å². The highest BCUT2D eigenvalue weighted by atomic mass is 32.2. The predicted molar refractivity (Wildman–Crippen MR) is 65.3 cm³/mol. The van der Waals surface area contributed by atoms with Gasteiger partial charge in [-0.2, -0.15) is 4.31 Å². The van der Waals surface area contributed by atoms with Gasteiger partial charge in [0.05, 0.1) is 12.2 Å². The number of carboxylic acid groups (broad SMARTS) is 1. The highest BCUT2D eigenvalue weighted by Crippen LogP contribution is 2.22. The lowest BCUT2D eigenvalue weighted by atomic mass is 10.1. The largest absolute Gasteiger partial charge is 0.481 e. The molecule has 0 aromatic heterocycles. The molecule has 17 heavy (non-hydrogen) atoms. The summed E-state index contributed by atoms with van der Waals surface area (Å²) in [5, 5.41) is 8.57. The van der Waals surface area contributed by atoms with Gasteiger partial charge in [-0.3, -0.25) is 4.79 Å². The third-order valence-corrected chi connectivity index (χ3v) is 5.14. The third-order valence-electron chi connectivity index (χ3n) is 3.23. The molecule has 0 spiro atoms. The summed E-state index contributed by atoms with van der Waals surface area (Å²) >= 11 is 0. The monoisotopic (exact) mass is 263 g/mol. The maximum Gasteiger partial charge on any atom is 0.304 e. The number of carboxylic acids is 1. The maximum atomic E-state index is 12.1. The number of hydrogen-bond acceptors (Lipinski definition) is 3. The van der Waals surface area contributed by atoms with Crippen molar-refractivity contribution < 1.29 is 18.3 Å². The van der Waals surface area contributed by atoms with Crippen LogP contribution in [0.4, 0.5) is 0 Å². The van der Waals surface area contributed by atoms with Gasteiger partial charge in [0, 0.05) is 12.6 Å². The molecular formula is C11H21NO4S. The first-order valence-electron chi connectivity index (χ1n) is 6.18. The topological polar surface area (TPSA) is 74.7 Å². The van der Waals surface area contributed by atoms with Gasteiger partial charge in [0.1, 0.15) is 0 Å². The molecule has 1 fully saturated rings. The van der Waals surface area contributed by atoms with Gasteiger partial charge in [0.25, 0.3) is 0 Å². The zero-order chi connectivity index (χ0) is 12.9. The predicted octanol–water partition coefficient (Wildman–Crippen LogP) is 1.45. The molecule has 6 heteroatoms.